The molecule has 2 aromatic carbocycles. The second-order valence-electron chi connectivity index (χ2n) is 10.5. The Morgan fingerprint density at radius 1 is 0.897 bits per heavy atom. The summed E-state index contributed by atoms with van der Waals surface area (Å²) in [5.41, 5.74) is 9.47. The molecule has 0 fully saturated rings. The van der Waals surface area contributed by atoms with E-state index < -0.39 is 8.07 Å². The molecule has 0 bridgehead atoms. The van der Waals surface area contributed by atoms with Crippen molar-refractivity contribution in [1.82, 2.24) is 4.98 Å². The topological polar surface area (TPSA) is 12.9 Å². The third-order valence-corrected chi connectivity index (χ3v) is 8.35. The first-order chi connectivity index (χ1) is 13.6. The molecule has 0 saturated carbocycles. The normalized spacial score (nSPS) is 14.8. The van der Waals surface area contributed by atoms with Crippen LogP contribution in [0.4, 0.5) is 0 Å². The molecular formula is C27H33NSi. The van der Waals surface area contributed by atoms with E-state index in [1.807, 2.05) is 0 Å². The molecule has 1 aromatic heterocycles. The van der Waals surface area contributed by atoms with Crippen molar-refractivity contribution in [2.75, 3.05) is 0 Å². The molecule has 0 amide bonds. The van der Waals surface area contributed by atoms with E-state index in [-0.39, 0.29) is 5.41 Å². The third kappa shape index (κ3) is 3.38. The van der Waals surface area contributed by atoms with Gasteiger partial charge in [0.1, 0.15) is 0 Å². The largest absolute Gasteiger partial charge is 0.256 e. The monoisotopic (exact) mass is 399 g/mol. The van der Waals surface area contributed by atoms with Gasteiger partial charge in [-0.25, -0.2) is 0 Å². The number of fused-ring (bicyclic) bond motifs is 3. The summed E-state index contributed by atoms with van der Waals surface area (Å²) in [6, 6.07) is 18.0. The van der Waals surface area contributed by atoms with Gasteiger partial charge >= 0.3 is 0 Å². The van der Waals surface area contributed by atoms with Gasteiger partial charge in [0, 0.05) is 17.2 Å². The summed E-state index contributed by atoms with van der Waals surface area (Å²) in [5, 5.41) is 1.50. The average Bonchev–Trinajstić information content (AvgIpc) is 2.88. The van der Waals surface area contributed by atoms with Crippen LogP contribution in [-0.4, -0.2) is 13.1 Å². The molecule has 0 aliphatic heterocycles. The molecule has 0 N–H and O–H groups in total. The summed E-state index contributed by atoms with van der Waals surface area (Å²) in [6.45, 7) is 16.6. The second kappa shape index (κ2) is 6.95. The van der Waals surface area contributed by atoms with E-state index in [0.29, 0.717) is 5.92 Å². The number of hydrogen-bond donors (Lipinski definition) is 0. The quantitative estimate of drug-likeness (QED) is 0.440. The minimum atomic E-state index is -1.43. The number of rotatable bonds is 4. The van der Waals surface area contributed by atoms with Crippen molar-refractivity contribution in [2.24, 2.45) is 5.92 Å². The molecule has 0 radical (unpaired) electrons. The predicted octanol–water partition coefficient (Wildman–Crippen LogP) is 6.80. The van der Waals surface area contributed by atoms with E-state index in [9.17, 15) is 0 Å². The van der Waals surface area contributed by atoms with Crippen molar-refractivity contribution >= 4 is 13.3 Å². The Morgan fingerprint density at radius 3 is 2.24 bits per heavy atom. The van der Waals surface area contributed by atoms with Crippen LogP contribution in [-0.2, 0) is 11.8 Å². The highest BCUT2D eigenvalue weighted by Crippen LogP contribution is 2.51. The van der Waals surface area contributed by atoms with Gasteiger partial charge in [-0.05, 0) is 51.4 Å². The van der Waals surface area contributed by atoms with Crippen molar-refractivity contribution in [3.63, 3.8) is 0 Å². The van der Waals surface area contributed by atoms with E-state index in [1.165, 1.54) is 38.6 Å². The Labute approximate surface area is 177 Å². The van der Waals surface area contributed by atoms with E-state index >= 15 is 0 Å². The number of hydrogen-bond acceptors (Lipinski definition) is 1. The van der Waals surface area contributed by atoms with Crippen LogP contribution in [0.5, 0.6) is 0 Å². The number of aromatic nitrogens is 1. The van der Waals surface area contributed by atoms with Gasteiger partial charge in [-0.15, -0.1) is 0 Å². The number of pyridine rings is 1. The number of benzene rings is 2. The van der Waals surface area contributed by atoms with Gasteiger partial charge in [0.05, 0.1) is 13.8 Å². The maximum absolute atomic E-state index is 5.02. The molecule has 0 unspecified atom stereocenters. The first-order valence-electron chi connectivity index (χ1n) is 10.8. The summed E-state index contributed by atoms with van der Waals surface area (Å²) in [6.07, 6.45) is 3.31. The summed E-state index contributed by atoms with van der Waals surface area (Å²) < 4.78 is 0. The summed E-state index contributed by atoms with van der Waals surface area (Å²) in [4.78, 5) is 5.02. The van der Waals surface area contributed by atoms with Crippen LogP contribution in [0.25, 0.3) is 22.4 Å². The molecule has 0 saturated heterocycles. The van der Waals surface area contributed by atoms with Gasteiger partial charge < -0.3 is 0 Å². The molecule has 1 nitrogen and oxygen atoms in total. The fourth-order valence-electron chi connectivity index (χ4n) is 4.99. The first-order valence-corrected chi connectivity index (χ1v) is 14.3. The third-order valence-electron chi connectivity index (χ3n) is 6.28. The second-order valence-corrected chi connectivity index (χ2v) is 15.5. The van der Waals surface area contributed by atoms with Gasteiger partial charge in [-0.2, -0.15) is 0 Å². The minimum absolute atomic E-state index is 0.0140. The van der Waals surface area contributed by atoms with Crippen LogP contribution in [0.2, 0.25) is 19.6 Å². The molecule has 0 spiro atoms. The highest BCUT2D eigenvalue weighted by molar-refractivity contribution is 6.89. The molecule has 1 aliphatic carbocycles. The fraction of sp³-hybridized carbons (Fsp3) is 0.370. The van der Waals surface area contributed by atoms with Crippen molar-refractivity contribution in [2.45, 2.75) is 59.2 Å². The Balaban J connectivity index is 1.93. The van der Waals surface area contributed by atoms with Crippen LogP contribution in [0.3, 0.4) is 0 Å². The lowest BCUT2D eigenvalue weighted by Crippen LogP contribution is -2.40. The van der Waals surface area contributed by atoms with Crippen molar-refractivity contribution < 1.29 is 0 Å². The molecule has 1 heterocycles. The summed E-state index contributed by atoms with van der Waals surface area (Å²) in [5.74, 6) is 0.641. The zero-order valence-electron chi connectivity index (χ0n) is 18.9. The van der Waals surface area contributed by atoms with Gasteiger partial charge in [-0.1, -0.05) is 89.8 Å². The van der Waals surface area contributed by atoms with E-state index in [4.69, 9.17) is 4.98 Å². The molecule has 29 heavy (non-hydrogen) atoms. The zero-order valence-corrected chi connectivity index (χ0v) is 19.9. The molecule has 150 valence electrons. The Bertz CT molecular complexity index is 1070. The maximum atomic E-state index is 5.02. The zero-order chi connectivity index (χ0) is 21.0. The Kier molecular flexibility index (Phi) is 4.81. The Hall–Kier alpha value is -2.19. The van der Waals surface area contributed by atoms with Crippen LogP contribution in [0.15, 0.2) is 54.7 Å². The van der Waals surface area contributed by atoms with E-state index in [1.54, 1.807) is 0 Å². The maximum Gasteiger partial charge on any atom is 0.0799 e. The van der Waals surface area contributed by atoms with Crippen molar-refractivity contribution in [1.29, 1.82) is 0 Å². The molecule has 3 aromatic rings. The van der Waals surface area contributed by atoms with Crippen LogP contribution in [0.1, 0.15) is 44.4 Å². The van der Waals surface area contributed by atoms with Gasteiger partial charge in [0.15, 0.2) is 0 Å². The minimum Gasteiger partial charge on any atom is -0.256 e. The average molecular weight is 400 g/mol. The SMILES string of the molecule is CC(C)Cc1cc(-c2cccc3c2C(C)(C)c2ccccc2-3)ncc1[Si](C)(C)C. The number of nitrogens with zero attached hydrogens (tertiary/aromatic N) is 1. The molecule has 4 rings (SSSR count). The predicted molar refractivity (Wildman–Crippen MR) is 129 cm³/mol. The fourth-order valence-corrected chi connectivity index (χ4v) is 6.58. The molecule has 1 aliphatic rings. The smallest absolute Gasteiger partial charge is 0.0799 e. The van der Waals surface area contributed by atoms with Crippen molar-refractivity contribution in [3.8, 4) is 22.4 Å². The summed E-state index contributed by atoms with van der Waals surface area (Å²) in [7, 11) is -1.43. The van der Waals surface area contributed by atoms with E-state index in [2.05, 4.69) is 102 Å². The van der Waals surface area contributed by atoms with Gasteiger partial charge in [0.2, 0.25) is 0 Å². The van der Waals surface area contributed by atoms with Gasteiger partial charge in [0.25, 0.3) is 0 Å². The lowest BCUT2D eigenvalue weighted by atomic mass is 9.79. The molecule has 0 atom stereocenters. The lowest BCUT2D eigenvalue weighted by Gasteiger charge is -2.26. The highest BCUT2D eigenvalue weighted by Gasteiger charge is 2.37. The summed E-state index contributed by atoms with van der Waals surface area (Å²) >= 11 is 0. The van der Waals surface area contributed by atoms with Crippen LogP contribution < -0.4 is 5.19 Å². The van der Waals surface area contributed by atoms with E-state index in [0.717, 1.165) is 12.1 Å². The first kappa shape index (κ1) is 20.1. The Morgan fingerprint density at radius 2 is 1.55 bits per heavy atom. The lowest BCUT2D eigenvalue weighted by molar-refractivity contribution is 0.648. The molecule has 2 heteroatoms. The molecular weight excluding hydrogens is 366 g/mol. The van der Waals surface area contributed by atoms with Crippen LogP contribution >= 0.6 is 0 Å². The van der Waals surface area contributed by atoms with Crippen molar-refractivity contribution in [3.05, 3.63) is 71.4 Å². The van der Waals surface area contributed by atoms with Gasteiger partial charge in [-0.3, -0.25) is 4.98 Å². The standard InChI is InChI=1S/C27H33NSi/c1-18(2)15-19-16-24(28-17-25(19)29(5,6)7)22-13-10-12-21-20-11-8-9-14-23(20)27(3,4)26(21)22/h8-14,16-18H,15H2,1-7H3. The highest BCUT2D eigenvalue weighted by atomic mass is 28.3. The van der Waals surface area contributed by atoms with Crippen LogP contribution in [0, 0.1) is 5.92 Å².